The number of aromatic nitrogens is 5. The first kappa shape index (κ1) is 19.0. The Labute approximate surface area is 178 Å². The van der Waals surface area contributed by atoms with Crippen LogP contribution < -0.4 is 0 Å². The molecule has 1 fully saturated rings. The maximum atomic E-state index is 10.1. The van der Waals surface area contributed by atoms with Crippen LogP contribution >= 0.6 is 11.6 Å². The van der Waals surface area contributed by atoms with E-state index < -0.39 is 5.60 Å². The molecule has 0 atom stereocenters. The average molecular weight is 422 g/mol. The van der Waals surface area contributed by atoms with Crippen molar-refractivity contribution >= 4 is 11.6 Å². The molecule has 1 N–H and O–H groups in total. The average Bonchev–Trinajstić information content (AvgIpc) is 3.30. The number of nitrogens with zero attached hydrogens (tertiary/aromatic N) is 5. The van der Waals surface area contributed by atoms with Crippen molar-refractivity contribution in [3.8, 4) is 33.8 Å². The van der Waals surface area contributed by atoms with Gasteiger partial charge in [0.15, 0.2) is 5.76 Å². The zero-order valence-electron chi connectivity index (χ0n) is 16.6. The summed E-state index contributed by atoms with van der Waals surface area (Å²) in [6.45, 7) is 3.84. The molecule has 0 aliphatic heterocycles. The molecule has 0 spiro atoms. The molecule has 0 radical (unpaired) electrons. The first-order valence-electron chi connectivity index (χ1n) is 9.72. The lowest BCUT2D eigenvalue weighted by Gasteiger charge is -2.41. The van der Waals surface area contributed by atoms with E-state index in [0.717, 1.165) is 22.4 Å². The van der Waals surface area contributed by atoms with Gasteiger partial charge in [0.25, 0.3) is 0 Å². The van der Waals surface area contributed by atoms with E-state index in [1.54, 1.807) is 24.8 Å². The van der Waals surface area contributed by atoms with Crippen LogP contribution in [-0.2, 0) is 0 Å². The normalized spacial score (nSPS) is 20.9. The van der Waals surface area contributed by atoms with E-state index in [1.165, 1.54) is 0 Å². The van der Waals surface area contributed by atoms with Crippen molar-refractivity contribution < 1.29 is 9.63 Å². The molecule has 1 aliphatic rings. The fourth-order valence-corrected chi connectivity index (χ4v) is 4.34. The van der Waals surface area contributed by atoms with Crippen LogP contribution in [0.1, 0.15) is 31.5 Å². The van der Waals surface area contributed by atoms with Crippen molar-refractivity contribution in [3.63, 3.8) is 0 Å². The van der Waals surface area contributed by atoms with Crippen LogP contribution in [0, 0.1) is 6.92 Å². The molecule has 7 nitrogen and oxygen atoms in total. The van der Waals surface area contributed by atoms with Crippen molar-refractivity contribution in [1.29, 1.82) is 0 Å². The minimum absolute atomic E-state index is 0.166. The SMILES string of the molecule is Cc1c(-c2onc(-c3ccccc3Cl)c2-c2cnccn2)cnn1[C@H]1C[C@@](C)(O)C1. The molecule has 0 bridgehead atoms. The molecule has 3 aromatic heterocycles. The molecular weight excluding hydrogens is 402 g/mol. The van der Waals surface area contributed by atoms with Gasteiger partial charge in [-0.2, -0.15) is 5.10 Å². The molecule has 5 rings (SSSR count). The lowest BCUT2D eigenvalue weighted by molar-refractivity contribution is -0.0548. The molecule has 1 saturated carbocycles. The maximum absolute atomic E-state index is 10.1. The van der Waals surface area contributed by atoms with E-state index in [2.05, 4.69) is 20.2 Å². The Morgan fingerprint density at radius 2 is 1.97 bits per heavy atom. The number of rotatable bonds is 4. The molecule has 152 valence electrons. The zero-order chi connectivity index (χ0) is 20.9. The predicted octanol–water partition coefficient (Wildman–Crippen LogP) is 4.71. The zero-order valence-corrected chi connectivity index (χ0v) is 17.3. The number of halogens is 1. The Balaban J connectivity index is 1.66. The lowest BCUT2D eigenvalue weighted by Crippen LogP contribution is -2.42. The van der Waals surface area contributed by atoms with Gasteiger partial charge in [-0.05, 0) is 32.8 Å². The molecule has 8 heteroatoms. The fourth-order valence-electron chi connectivity index (χ4n) is 4.12. The summed E-state index contributed by atoms with van der Waals surface area (Å²) in [5, 5.41) is 19.6. The van der Waals surface area contributed by atoms with E-state index in [4.69, 9.17) is 16.1 Å². The van der Waals surface area contributed by atoms with Gasteiger partial charge in [-0.3, -0.25) is 14.6 Å². The second-order valence-corrected chi connectivity index (χ2v) is 8.36. The molecule has 30 heavy (non-hydrogen) atoms. The lowest BCUT2D eigenvalue weighted by atomic mass is 9.77. The third-order valence-electron chi connectivity index (χ3n) is 5.63. The quantitative estimate of drug-likeness (QED) is 0.513. The highest BCUT2D eigenvalue weighted by atomic mass is 35.5. The van der Waals surface area contributed by atoms with Gasteiger partial charge in [-0.1, -0.05) is 35.0 Å². The van der Waals surface area contributed by atoms with Crippen molar-refractivity contribution in [3.05, 3.63) is 59.8 Å². The maximum Gasteiger partial charge on any atom is 0.180 e. The van der Waals surface area contributed by atoms with Crippen LogP contribution in [0.3, 0.4) is 0 Å². The minimum Gasteiger partial charge on any atom is -0.390 e. The Morgan fingerprint density at radius 1 is 1.17 bits per heavy atom. The highest BCUT2D eigenvalue weighted by molar-refractivity contribution is 6.33. The van der Waals surface area contributed by atoms with Gasteiger partial charge in [-0.25, -0.2) is 0 Å². The third-order valence-corrected chi connectivity index (χ3v) is 5.96. The summed E-state index contributed by atoms with van der Waals surface area (Å²) >= 11 is 6.45. The first-order valence-corrected chi connectivity index (χ1v) is 10.1. The van der Waals surface area contributed by atoms with Gasteiger partial charge >= 0.3 is 0 Å². The van der Waals surface area contributed by atoms with Gasteiger partial charge in [0.05, 0.1) is 45.9 Å². The molecule has 0 amide bonds. The van der Waals surface area contributed by atoms with Crippen molar-refractivity contribution in [1.82, 2.24) is 24.9 Å². The van der Waals surface area contributed by atoms with Crippen LogP contribution in [0.25, 0.3) is 33.8 Å². The van der Waals surface area contributed by atoms with Gasteiger partial charge in [0.2, 0.25) is 0 Å². The molecular formula is C22H20ClN5O2. The number of aliphatic hydroxyl groups is 1. The Hall–Kier alpha value is -3.03. The summed E-state index contributed by atoms with van der Waals surface area (Å²) in [5.41, 5.74) is 3.87. The van der Waals surface area contributed by atoms with E-state index in [-0.39, 0.29) is 6.04 Å². The summed E-state index contributed by atoms with van der Waals surface area (Å²) in [6, 6.07) is 7.66. The summed E-state index contributed by atoms with van der Waals surface area (Å²) in [6.07, 6.45) is 8.06. The van der Waals surface area contributed by atoms with Crippen molar-refractivity contribution in [2.75, 3.05) is 0 Å². The second kappa shape index (κ2) is 7.04. The summed E-state index contributed by atoms with van der Waals surface area (Å²) < 4.78 is 7.78. The van der Waals surface area contributed by atoms with Crippen LogP contribution in [0.4, 0.5) is 0 Å². The summed E-state index contributed by atoms with van der Waals surface area (Å²) in [7, 11) is 0. The number of benzene rings is 1. The first-order chi connectivity index (χ1) is 14.4. The standard InChI is InChI=1S/C22H20ClN5O2/c1-13-16(11-26-28(13)14-9-22(2,29)10-14)21-19(18-12-24-7-8-25-18)20(27-30-21)15-5-3-4-6-17(15)23/h3-8,11-12,14,29H,9-10H2,1-2H3/t14-,22+. The van der Waals surface area contributed by atoms with Crippen LogP contribution in [-0.4, -0.2) is 35.6 Å². The fraction of sp³-hybridized carbons (Fsp3) is 0.273. The Kier molecular flexibility index (Phi) is 4.45. The summed E-state index contributed by atoms with van der Waals surface area (Å²) in [5.74, 6) is 0.570. The second-order valence-electron chi connectivity index (χ2n) is 7.95. The number of hydrogen-bond donors (Lipinski definition) is 1. The van der Waals surface area contributed by atoms with E-state index >= 15 is 0 Å². The highest BCUT2D eigenvalue weighted by Crippen LogP contribution is 2.45. The van der Waals surface area contributed by atoms with E-state index in [0.29, 0.717) is 35.0 Å². The molecule has 0 saturated heterocycles. The molecule has 1 aromatic carbocycles. The van der Waals surface area contributed by atoms with Crippen molar-refractivity contribution in [2.24, 2.45) is 0 Å². The summed E-state index contributed by atoms with van der Waals surface area (Å²) in [4.78, 5) is 8.69. The topological polar surface area (TPSA) is 89.9 Å². The van der Waals surface area contributed by atoms with Crippen LogP contribution in [0.5, 0.6) is 0 Å². The molecule has 1 aliphatic carbocycles. The van der Waals surface area contributed by atoms with Gasteiger partial charge in [0.1, 0.15) is 5.69 Å². The largest absolute Gasteiger partial charge is 0.390 e. The van der Waals surface area contributed by atoms with Crippen LogP contribution in [0.2, 0.25) is 5.02 Å². The highest BCUT2D eigenvalue weighted by Gasteiger charge is 2.41. The van der Waals surface area contributed by atoms with Crippen LogP contribution in [0.15, 0.2) is 53.6 Å². The minimum atomic E-state index is -0.628. The Morgan fingerprint density at radius 3 is 2.67 bits per heavy atom. The van der Waals surface area contributed by atoms with Gasteiger partial charge in [-0.15, -0.1) is 0 Å². The van der Waals surface area contributed by atoms with E-state index in [9.17, 15) is 5.11 Å². The molecule has 3 heterocycles. The number of hydrogen-bond acceptors (Lipinski definition) is 6. The predicted molar refractivity (Wildman–Crippen MR) is 113 cm³/mol. The Bertz CT molecular complexity index is 1210. The van der Waals surface area contributed by atoms with Gasteiger partial charge < -0.3 is 9.63 Å². The monoisotopic (exact) mass is 421 g/mol. The molecule has 0 unspecified atom stereocenters. The van der Waals surface area contributed by atoms with Crippen molar-refractivity contribution in [2.45, 2.75) is 38.3 Å². The molecule has 4 aromatic rings. The third kappa shape index (κ3) is 3.11. The smallest absolute Gasteiger partial charge is 0.180 e. The van der Waals surface area contributed by atoms with Gasteiger partial charge in [0, 0.05) is 23.7 Å². The van der Waals surface area contributed by atoms with E-state index in [1.807, 2.05) is 42.8 Å².